The molecule has 0 saturated carbocycles. The maximum atomic E-state index is 13.0. The molecule has 4 rings (SSSR count). The molecule has 0 aliphatic carbocycles. The number of rotatable bonds is 18. The Morgan fingerprint density at radius 2 is 1.46 bits per heavy atom. The molecule has 3 N–H and O–H groups in total. The Labute approximate surface area is 282 Å². The number of nitrogens with zero attached hydrogens (tertiary/aromatic N) is 2. The van der Waals surface area contributed by atoms with Crippen molar-refractivity contribution >= 4 is 21.7 Å². The first kappa shape index (κ1) is 36.2. The molecule has 0 saturated heterocycles. The SMILES string of the molecule is CCCCCCCOc1ccc(-c2cnc(-c3ccc(C[C@@H](CN[C@H](C)C(=O)O)NC(=O)c4ccc(S(C)(=O)=O)cc4)cc3)nc2)cc1. The molecule has 1 heterocycles. The van der Waals surface area contributed by atoms with Crippen molar-refractivity contribution in [3.05, 3.63) is 96.3 Å². The van der Waals surface area contributed by atoms with E-state index in [9.17, 15) is 23.1 Å². The van der Waals surface area contributed by atoms with Crippen LogP contribution in [0.4, 0.5) is 0 Å². The molecule has 0 aliphatic rings. The van der Waals surface area contributed by atoms with Gasteiger partial charge >= 0.3 is 5.97 Å². The Hall–Kier alpha value is -4.61. The van der Waals surface area contributed by atoms with Gasteiger partial charge in [-0.2, -0.15) is 0 Å². The standard InChI is InChI=1S/C37H44N4O6S/c1-4-5-6-7-8-21-47-33-17-13-28(14-18-33)31-23-39-35(40-24-31)29-11-9-27(10-12-29)22-32(25-38-26(2)37(43)44)41-36(42)30-15-19-34(20-16-30)48(3,45)46/h9-20,23-24,26,32,38H,4-8,21-22,25H2,1-3H3,(H,41,42)(H,43,44)/t26-,32+/m1/s1. The Balaban J connectivity index is 1.37. The van der Waals surface area contributed by atoms with Gasteiger partial charge in [-0.25, -0.2) is 18.4 Å². The normalized spacial score (nSPS) is 12.6. The summed E-state index contributed by atoms with van der Waals surface area (Å²) < 4.78 is 29.4. The van der Waals surface area contributed by atoms with Crippen LogP contribution in [-0.4, -0.2) is 66.9 Å². The van der Waals surface area contributed by atoms with E-state index in [1.165, 1.54) is 56.9 Å². The highest BCUT2D eigenvalue weighted by Gasteiger charge is 2.19. The van der Waals surface area contributed by atoms with Crippen molar-refractivity contribution in [3.8, 4) is 28.3 Å². The third-order valence-electron chi connectivity index (χ3n) is 7.97. The van der Waals surface area contributed by atoms with Gasteiger partial charge in [-0.05, 0) is 67.3 Å². The van der Waals surface area contributed by atoms with Gasteiger partial charge < -0.3 is 20.5 Å². The molecule has 3 aromatic carbocycles. The van der Waals surface area contributed by atoms with Crippen LogP contribution in [0.1, 0.15) is 61.9 Å². The van der Waals surface area contributed by atoms with Crippen LogP contribution in [-0.2, 0) is 21.1 Å². The molecule has 11 heteroatoms. The molecule has 1 aromatic heterocycles. The minimum absolute atomic E-state index is 0.120. The van der Waals surface area contributed by atoms with E-state index in [1.54, 1.807) is 12.4 Å². The average Bonchev–Trinajstić information content (AvgIpc) is 3.09. The zero-order chi connectivity index (χ0) is 34.5. The summed E-state index contributed by atoms with van der Waals surface area (Å²) in [5.41, 5.74) is 3.94. The summed E-state index contributed by atoms with van der Waals surface area (Å²) in [7, 11) is -3.39. The number of carbonyl (C=O) groups is 2. The number of hydrogen-bond donors (Lipinski definition) is 3. The van der Waals surface area contributed by atoms with Gasteiger partial charge in [0.2, 0.25) is 0 Å². The van der Waals surface area contributed by atoms with Gasteiger partial charge in [-0.1, -0.05) is 69.0 Å². The quantitative estimate of drug-likeness (QED) is 0.109. The molecule has 0 unspecified atom stereocenters. The van der Waals surface area contributed by atoms with Crippen molar-refractivity contribution in [1.29, 1.82) is 0 Å². The van der Waals surface area contributed by atoms with Gasteiger partial charge in [0.25, 0.3) is 5.91 Å². The second-order valence-electron chi connectivity index (χ2n) is 11.9. The Morgan fingerprint density at radius 3 is 2.06 bits per heavy atom. The van der Waals surface area contributed by atoms with Crippen molar-refractivity contribution in [2.75, 3.05) is 19.4 Å². The zero-order valence-corrected chi connectivity index (χ0v) is 28.5. The fourth-order valence-corrected chi connectivity index (χ4v) is 5.67. The number of amides is 1. The molecule has 2 atom stereocenters. The van der Waals surface area contributed by atoms with Gasteiger partial charge in [-0.15, -0.1) is 0 Å². The number of hydrogen-bond acceptors (Lipinski definition) is 8. The lowest BCUT2D eigenvalue weighted by atomic mass is 10.0. The second-order valence-corrected chi connectivity index (χ2v) is 13.9. The maximum Gasteiger partial charge on any atom is 0.320 e. The van der Waals surface area contributed by atoms with Crippen LogP contribution >= 0.6 is 0 Å². The van der Waals surface area contributed by atoms with Crippen LogP contribution < -0.4 is 15.4 Å². The largest absolute Gasteiger partial charge is 0.494 e. The third kappa shape index (κ3) is 11.0. The van der Waals surface area contributed by atoms with Gasteiger partial charge in [0.15, 0.2) is 15.7 Å². The highest BCUT2D eigenvalue weighted by molar-refractivity contribution is 7.90. The van der Waals surface area contributed by atoms with Crippen LogP contribution in [0.15, 0.2) is 90.1 Å². The number of carboxylic acids is 1. The number of unbranched alkanes of at least 4 members (excludes halogenated alkanes) is 4. The molecule has 10 nitrogen and oxygen atoms in total. The van der Waals surface area contributed by atoms with Crippen LogP contribution in [0.5, 0.6) is 5.75 Å². The van der Waals surface area contributed by atoms with Gasteiger partial charge in [0.1, 0.15) is 11.8 Å². The monoisotopic (exact) mass is 672 g/mol. The van der Waals surface area contributed by atoms with Crippen molar-refractivity contribution < 1.29 is 27.9 Å². The molecular weight excluding hydrogens is 628 g/mol. The van der Waals surface area contributed by atoms with E-state index in [1.807, 2.05) is 48.5 Å². The minimum atomic E-state index is -3.39. The molecule has 48 heavy (non-hydrogen) atoms. The summed E-state index contributed by atoms with van der Waals surface area (Å²) >= 11 is 0. The molecule has 254 valence electrons. The maximum absolute atomic E-state index is 13.0. The van der Waals surface area contributed by atoms with E-state index in [0.717, 1.165) is 47.3 Å². The number of nitrogens with one attached hydrogen (secondary N) is 2. The Bertz CT molecular complexity index is 1730. The van der Waals surface area contributed by atoms with Crippen molar-refractivity contribution in [2.24, 2.45) is 0 Å². The first-order valence-corrected chi connectivity index (χ1v) is 18.1. The molecule has 4 aromatic rings. The highest BCUT2D eigenvalue weighted by Crippen LogP contribution is 2.24. The summed E-state index contributed by atoms with van der Waals surface area (Å²) in [5, 5.41) is 15.2. The summed E-state index contributed by atoms with van der Waals surface area (Å²) in [6, 6.07) is 20.1. The van der Waals surface area contributed by atoms with Crippen molar-refractivity contribution in [1.82, 2.24) is 20.6 Å². The van der Waals surface area contributed by atoms with Gasteiger partial charge in [-0.3, -0.25) is 9.59 Å². The summed E-state index contributed by atoms with van der Waals surface area (Å²) in [4.78, 5) is 33.7. The van der Waals surface area contributed by atoms with Crippen LogP contribution in [0.2, 0.25) is 0 Å². The van der Waals surface area contributed by atoms with Crippen molar-refractivity contribution in [2.45, 2.75) is 69.4 Å². The fraction of sp³-hybridized carbons (Fsp3) is 0.351. The molecule has 0 bridgehead atoms. The minimum Gasteiger partial charge on any atom is -0.494 e. The summed E-state index contributed by atoms with van der Waals surface area (Å²) in [6.45, 7) is 4.67. The lowest BCUT2D eigenvalue weighted by molar-refractivity contribution is -0.139. The summed E-state index contributed by atoms with van der Waals surface area (Å²) in [6.07, 6.45) is 11.1. The van der Waals surface area contributed by atoms with Gasteiger partial charge in [0, 0.05) is 47.9 Å². The zero-order valence-electron chi connectivity index (χ0n) is 27.7. The predicted octanol–water partition coefficient (Wildman–Crippen LogP) is 5.97. The number of aliphatic carboxylic acids is 1. The fourth-order valence-electron chi connectivity index (χ4n) is 5.04. The number of aromatic nitrogens is 2. The van der Waals surface area contributed by atoms with E-state index >= 15 is 0 Å². The lowest BCUT2D eigenvalue weighted by Crippen LogP contribution is -2.47. The Kier molecular flexibility index (Phi) is 13.2. The molecule has 0 aliphatic heterocycles. The smallest absolute Gasteiger partial charge is 0.320 e. The van der Waals surface area contributed by atoms with Crippen LogP contribution in [0.25, 0.3) is 22.5 Å². The highest BCUT2D eigenvalue weighted by atomic mass is 32.2. The number of ether oxygens (including phenoxy) is 1. The summed E-state index contributed by atoms with van der Waals surface area (Å²) in [5.74, 6) is 0.0352. The number of carboxylic acid groups (broad SMARTS) is 1. The predicted molar refractivity (Wildman–Crippen MR) is 187 cm³/mol. The second kappa shape index (κ2) is 17.5. The first-order valence-electron chi connectivity index (χ1n) is 16.2. The molecular formula is C37H44N4O6S. The average molecular weight is 673 g/mol. The van der Waals surface area contributed by atoms with Crippen molar-refractivity contribution in [3.63, 3.8) is 0 Å². The Morgan fingerprint density at radius 1 is 0.833 bits per heavy atom. The van der Waals surface area contributed by atoms with Crippen LogP contribution in [0, 0.1) is 0 Å². The van der Waals surface area contributed by atoms with E-state index in [2.05, 4.69) is 27.5 Å². The van der Waals surface area contributed by atoms with E-state index in [0.29, 0.717) is 17.8 Å². The van der Waals surface area contributed by atoms with Gasteiger partial charge in [0.05, 0.1) is 11.5 Å². The molecule has 0 fully saturated rings. The molecule has 0 spiro atoms. The van der Waals surface area contributed by atoms with Crippen LogP contribution in [0.3, 0.4) is 0 Å². The number of benzene rings is 3. The van der Waals surface area contributed by atoms with E-state index in [4.69, 9.17) is 4.74 Å². The topological polar surface area (TPSA) is 148 Å². The lowest BCUT2D eigenvalue weighted by Gasteiger charge is -2.21. The molecule has 1 amide bonds. The third-order valence-corrected chi connectivity index (χ3v) is 9.10. The molecule has 0 radical (unpaired) electrons. The van der Waals surface area contributed by atoms with E-state index in [-0.39, 0.29) is 11.4 Å². The number of carbonyl (C=O) groups excluding carboxylic acids is 1. The first-order chi connectivity index (χ1) is 23.0. The van der Waals surface area contributed by atoms with E-state index < -0.39 is 33.8 Å². The number of sulfone groups is 1.